The van der Waals surface area contributed by atoms with Crippen LogP contribution in [0, 0.1) is 11.8 Å². The molecule has 0 radical (unpaired) electrons. The van der Waals surface area contributed by atoms with Crippen LogP contribution in [0.4, 0.5) is 4.79 Å². The summed E-state index contributed by atoms with van der Waals surface area (Å²) in [4.78, 5) is 25.3. The number of nitrogens with zero attached hydrogens (tertiary/aromatic N) is 1. The summed E-state index contributed by atoms with van der Waals surface area (Å²) in [5.41, 5.74) is 0. The molecule has 0 aromatic carbocycles. The van der Waals surface area contributed by atoms with Crippen LogP contribution in [0.15, 0.2) is 0 Å². The molecule has 1 saturated heterocycles. The van der Waals surface area contributed by atoms with Crippen LogP contribution in [-0.2, 0) is 9.53 Å². The molecule has 2 unspecified atom stereocenters. The molecule has 0 aromatic heterocycles. The van der Waals surface area contributed by atoms with Gasteiger partial charge in [-0.25, -0.2) is 4.79 Å². The molecule has 120 valence electrons. The van der Waals surface area contributed by atoms with Crippen molar-refractivity contribution in [3.8, 4) is 0 Å². The van der Waals surface area contributed by atoms with Gasteiger partial charge >= 0.3 is 12.0 Å². The molecule has 2 atom stereocenters. The number of carboxylic acid groups (broad SMARTS) is 1. The normalized spacial score (nSPS) is 26.0. The number of hydrogen-bond acceptors (Lipinski definition) is 3. The summed E-state index contributed by atoms with van der Waals surface area (Å²) in [6.07, 6.45) is 5.66. The Morgan fingerprint density at radius 1 is 1.29 bits per heavy atom. The summed E-state index contributed by atoms with van der Waals surface area (Å²) in [6.45, 7) is 3.76. The Balaban J connectivity index is 1.93. The number of rotatable bonds is 6. The summed E-state index contributed by atoms with van der Waals surface area (Å²) < 4.78 is 5.28. The largest absolute Gasteiger partial charge is 0.481 e. The van der Waals surface area contributed by atoms with Crippen molar-refractivity contribution in [3.63, 3.8) is 0 Å². The van der Waals surface area contributed by atoms with Crippen molar-refractivity contribution in [1.29, 1.82) is 0 Å². The van der Waals surface area contributed by atoms with E-state index in [4.69, 9.17) is 4.74 Å². The molecule has 6 heteroatoms. The lowest BCUT2D eigenvalue weighted by Gasteiger charge is -2.30. The number of aliphatic carboxylic acids is 1. The van der Waals surface area contributed by atoms with E-state index in [-0.39, 0.29) is 18.7 Å². The van der Waals surface area contributed by atoms with Crippen molar-refractivity contribution in [3.05, 3.63) is 0 Å². The van der Waals surface area contributed by atoms with Crippen LogP contribution in [0.2, 0.25) is 0 Å². The molecule has 1 heterocycles. The Labute approximate surface area is 125 Å². The zero-order chi connectivity index (χ0) is 15.2. The summed E-state index contributed by atoms with van der Waals surface area (Å²) in [6, 6.07) is -0.503. The smallest absolute Gasteiger partial charge is 0.317 e. The van der Waals surface area contributed by atoms with Gasteiger partial charge in [0.25, 0.3) is 0 Å². The van der Waals surface area contributed by atoms with Gasteiger partial charge in [0.1, 0.15) is 5.92 Å². The molecule has 2 aliphatic rings. The molecule has 0 aromatic rings. The van der Waals surface area contributed by atoms with Crippen LogP contribution in [0.5, 0.6) is 0 Å². The molecule has 1 aliphatic heterocycles. The van der Waals surface area contributed by atoms with Gasteiger partial charge in [-0.15, -0.1) is 0 Å². The number of carboxylic acids is 1. The number of nitrogens with one attached hydrogen (secondary N) is 1. The number of amides is 2. The molecule has 1 saturated carbocycles. The average Bonchev–Trinajstić information content (AvgIpc) is 3.12. The number of urea groups is 1. The topological polar surface area (TPSA) is 78.9 Å². The summed E-state index contributed by atoms with van der Waals surface area (Å²) >= 11 is 0. The second-order valence-corrected chi connectivity index (χ2v) is 6.08. The maximum atomic E-state index is 12.4. The quantitative estimate of drug-likeness (QED) is 0.782. The van der Waals surface area contributed by atoms with Gasteiger partial charge in [0.15, 0.2) is 0 Å². The number of carbonyl (C=O) groups excluding carboxylic acids is 1. The number of carbonyl (C=O) groups is 2. The lowest BCUT2D eigenvalue weighted by Crippen LogP contribution is -2.51. The van der Waals surface area contributed by atoms with Crippen LogP contribution in [-0.4, -0.2) is 54.4 Å². The van der Waals surface area contributed by atoms with E-state index in [2.05, 4.69) is 5.32 Å². The van der Waals surface area contributed by atoms with E-state index in [0.717, 1.165) is 6.42 Å². The second-order valence-electron chi connectivity index (χ2n) is 6.08. The van der Waals surface area contributed by atoms with E-state index in [1.54, 1.807) is 4.90 Å². The Morgan fingerprint density at radius 2 is 2.00 bits per heavy atom. The minimum atomic E-state index is -0.887. The fourth-order valence-corrected chi connectivity index (χ4v) is 3.29. The highest BCUT2D eigenvalue weighted by atomic mass is 16.5. The van der Waals surface area contributed by atoms with E-state index < -0.39 is 11.9 Å². The highest BCUT2D eigenvalue weighted by molar-refractivity contribution is 5.77. The van der Waals surface area contributed by atoms with E-state index in [1.807, 2.05) is 6.92 Å². The van der Waals surface area contributed by atoms with Gasteiger partial charge in [0, 0.05) is 13.1 Å². The third-order valence-corrected chi connectivity index (χ3v) is 4.51. The molecular weight excluding hydrogens is 272 g/mol. The highest BCUT2D eigenvalue weighted by Gasteiger charge is 2.39. The first kappa shape index (κ1) is 16.1. The monoisotopic (exact) mass is 298 g/mol. The van der Waals surface area contributed by atoms with Gasteiger partial charge in [0.2, 0.25) is 0 Å². The maximum absolute atomic E-state index is 12.4. The van der Waals surface area contributed by atoms with Crippen LogP contribution in [0.3, 0.4) is 0 Å². The zero-order valence-electron chi connectivity index (χ0n) is 12.7. The Morgan fingerprint density at radius 3 is 2.62 bits per heavy atom. The number of hydrogen-bond donors (Lipinski definition) is 2. The predicted octanol–water partition coefficient (Wildman–Crippen LogP) is 1.70. The summed E-state index contributed by atoms with van der Waals surface area (Å²) in [7, 11) is 0. The molecule has 6 nitrogen and oxygen atoms in total. The van der Waals surface area contributed by atoms with E-state index >= 15 is 0 Å². The molecule has 0 spiro atoms. The van der Waals surface area contributed by atoms with E-state index in [9.17, 15) is 14.7 Å². The van der Waals surface area contributed by atoms with Gasteiger partial charge in [-0.3, -0.25) is 4.79 Å². The van der Waals surface area contributed by atoms with Crippen LogP contribution < -0.4 is 5.32 Å². The lowest BCUT2D eigenvalue weighted by molar-refractivity contribution is -0.142. The Hall–Kier alpha value is -1.30. The van der Waals surface area contributed by atoms with Crippen molar-refractivity contribution in [1.82, 2.24) is 10.2 Å². The lowest BCUT2D eigenvalue weighted by atomic mass is 10.0. The number of ether oxygens (including phenoxy) is 1. The average molecular weight is 298 g/mol. The molecule has 2 amide bonds. The van der Waals surface area contributed by atoms with E-state index in [1.165, 1.54) is 25.7 Å². The molecular formula is C15H26N2O4. The van der Waals surface area contributed by atoms with Crippen LogP contribution in [0.25, 0.3) is 0 Å². The molecule has 2 rings (SSSR count). The first-order chi connectivity index (χ1) is 10.1. The van der Waals surface area contributed by atoms with Crippen LogP contribution in [0.1, 0.15) is 39.0 Å². The maximum Gasteiger partial charge on any atom is 0.317 e. The minimum absolute atomic E-state index is 0.148. The minimum Gasteiger partial charge on any atom is -0.481 e. The second kappa shape index (κ2) is 7.64. The molecule has 0 bridgehead atoms. The molecule has 21 heavy (non-hydrogen) atoms. The zero-order valence-corrected chi connectivity index (χ0v) is 12.7. The third-order valence-electron chi connectivity index (χ3n) is 4.51. The van der Waals surface area contributed by atoms with Gasteiger partial charge < -0.3 is 20.1 Å². The van der Waals surface area contributed by atoms with E-state index in [0.29, 0.717) is 25.6 Å². The third kappa shape index (κ3) is 4.09. The molecule has 2 fully saturated rings. The fourth-order valence-electron chi connectivity index (χ4n) is 3.29. The SMILES string of the molecule is CCCN(C(=O)NCC1CCCC1)C1COCC1C(=O)O. The van der Waals surface area contributed by atoms with Gasteiger partial charge in [-0.2, -0.15) is 0 Å². The first-order valence-electron chi connectivity index (χ1n) is 7.98. The Bertz CT molecular complexity index is 369. The first-order valence-corrected chi connectivity index (χ1v) is 7.98. The van der Waals surface area contributed by atoms with Crippen molar-refractivity contribution in [2.24, 2.45) is 11.8 Å². The van der Waals surface area contributed by atoms with Crippen molar-refractivity contribution in [2.45, 2.75) is 45.1 Å². The van der Waals surface area contributed by atoms with Gasteiger partial charge in [0.05, 0.1) is 19.3 Å². The van der Waals surface area contributed by atoms with Gasteiger partial charge in [-0.1, -0.05) is 19.8 Å². The Kier molecular flexibility index (Phi) is 5.85. The predicted molar refractivity (Wildman–Crippen MR) is 78.1 cm³/mol. The molecule has 2 N–H and O–H groups in total. The molecule has 1 aliphatic carbocycles. The highest BCUT2D eigenvalue weighted by Crippen LogP contribution is 2.24. The van der Waals surface area contributed by atoms with Crippen LogP contribution >= 0.6 is 0 Å². The standard InChI is InChI=1S/C15H26N2O4/c1-2-7-17(13-10-21-9-12(13)14(18)19)15(20)16-8-11-5-3-4-6-11/h11-13H,2-10H2,1H3,(H,16,20)(H,18,19). The summed E-state index contributed by atoms with van der Waals surface area (Å²) in [5.74, 6) is -0.927. The van der Waals surface area contributed by atoms with Gasteiger partial charge in [-0.05, 0) is 25.2 Å². The van der Waals surface area contributed by atoms with Crippen molar-refractivity contribution >= 4 is 12.0 Å². The summed E-state index contributed by atoms with van der Waals surface area (Å²) in [5, 5.41) is 12.2. The van der Waals surface area contributed by atoms with Crippen molar-refractivity contribution < 1.29 is 19.4 Å². The fraction of sp³-hybridized carbons (Fsp3) is 0.867. The van der Waals surface area contributed by atoms with Crippen molar-refractivity contribution in [2.75, 3.05) is 26.3 Å².